The molecule has 0 heterocycles. The number of rotatable bonds is 19. The molecule has 0 rings (SSSR count). The summed E-state index contributed by atoms with van der Waals surface area (Å²) in [5.74, 6) is 0. The molecule has 0 aliphatic heterocycles. The van der Waals surface area contributed by atoms with Gasteiger partial charge < -0.3 is 38.9 Å². The molecule has 1 unspecified atom stereocenters. The van der Waals surface area contributed by atoms with Crippen molar-refractivity contribution in [2.24, 2.45) is 5.73 Å². The molecule has 8 heteroatoms. The first-order valence-electron chi connectivity index (χ1n) is 8.01. The van der Waals surface area contributed by atoms with Gasteiger partial charge in [-0.3, -0.25) is 0 Å². The Morgan fingerprint density at radius 1 is 0.783 bits per heavy atom. The van der Waals surface area contributed by atoms with Crippen molar-refractivity contribution in [3.05, 3.63) is 0 Å². The van der Waals surface area contributed by atoms with E-state index in [9.17, 15) is 0 Å². The minimum absolute atomic E-state index is 0.0866. The quantitative estimate of drug-likeness (QED) is 0.243. The van der Waals surface area contributed by atoms with Gasteiger partial charge in [0.15, 0.2) is 13.2 Å². The van der Waals surface area contributed by atoms with Gasteiger partial charge in [0.2, 0.25) is 0 Å². The molecule has 0 aromatic carbocycles. The van der Waals surface area contributed by atoms with E-state index in [1.807, 2.05) is 0 Å². The molecule has 0 fully saturated rings. The van der Waals surface area contributed by atoms with Gasteiger partial charge in [-0.05, 0) is 0 Å². The number of ether oxygens (including phenoxy) is 7. The van der Waals surface area contributed by atoms with Crippen molar-refractivity contribution in [2.45, 2.75) is 6.10 Å². The van der Waals surface area contributed by atoms with Gasteiger partial charge in [-0.25, -0.2) is 0 Å². The van der Waals surface area contributed by atoms with E-state index in [1.54, 1.807) is 14.2 Å². The fraction of sp³-hybridized carbons (Fsp3) is 1.00. The molecule has 0 aliphatic carbocycles. The van der Waals surface area contributed by atoms with Crippen LogP contribution in [0.3, 0.4) is 0 Å². The molecule has 23 heavy (non-hydrogen) atoms. The third kappa shape index (κ3) is 17.9. The number of hydrogen-bond donors (Lipinski definition) is 1. The standard InChI is InChI=1S/C15H33NO7/c1-17-5-7-19-9-11-21-13-15(23-4-3-16)14-22-12-10-20-8-6-18-2/h15H,3-14,16H2,1-2H3/p+1. The van der Waals surface area contributed by atoms with Crippen LogP contribution in [0.2, 0.25) is 0 Å². The highest BCUT2D eigenvalue weighted by Crippen LogP contribution is 1.94. The highest BCUT2D eigenvalue weighted by molar-refractivity contribution is 4.55. The van der Waals surface area contributed by atoms with E-state index in [2.05, 4.69) is 4.74 Å². The first-order valence-corrected chi connectivity index (χ1v) is 8.01. The minimum atomic E-state index is -0.0866. The summed E-state index contributed by atoms with van der Waals surface area (Å²) >= 11 is 0. The van der Waals surface area contributed by atoms with Gasteiger partial charge in [0, 0.05) is 20.8 Å². The normalized spacial score (nSPS) is 12.7. The van der Waals surface area contributed by atoms with Crippen LogP contribution >= 0.6 is 0 Å². The van der Waals surface area contributed by atoms with Crippen LogP contribution in [0.15, 0.2) is 0 Å². The maximum absolute atomic E-state index is 5.62. The summed E-state index contributed by atoms with van der Waals surface area (Å²) in [6.07, 6.45) is -0.0866. The minimum Gasteiger partial charge on any atom is -0.430 e. The maximum Gasteiger partial charge on any atom is 0.173 e. The molecule has 0 aromatic heterocycles. The second-order valence-corrected chi connectivity index (χ2v) is 4.70. The lowest BCUT2D eigenvalue weighted by molar-refractivity contribution is -0.136. The molecule has 0 aliphatic rings. The number of hydrogen-bond acceptors (Lipinski definition) is 7. The van der Waals surface area contributed by atoms with Crippen LogP contribution < -0.4 is 5.73 Å². The zero-order chi connectivity index (χ0) is 17.0. The van der Waals surface area contributed by atoms with Crippen LogP contribution in [0, 0.1) is 0 Å². The van der Waals surface area contributed by atoms with Gasteiger partial charge in [-0.2, -0.15) is 0 Å². The second kappa shape index (κ2) is 19.7. The van der Waals surface area contributed by atoms with Gasteiger partial charge in [-0.15, -0.1) is 0 Å². The summed E-state index contributed by atoms with van der Waals surface area (Å²) in [6.45, 7) is 6.65. The molecule has 1 atom stereocenters. The molecule has 3 N–H and O–H groups in total. The van der Waals surface area contributed by atoms with E-state index >= 15 is 0 Å². The second-order valence-electron chi connectivity index (χ2n) is 4.70. The highest BCUT2D eigenvalue weighted by Gasteiger charge is 2.12. The average molecular weight is 340 g/mol. The molecule has 0 radical (unpaired) electrons. The van der Waals surface area contributed by atoms with Gasteiger partial charge in [0.05, 0.1) is 52.9 Å². The summed E-state index contributed by atoms with van der Waals surface area (Å²) < 4.78 is 36.0. The molecular formula is C15H34NO7+. The maximum atomic E-state index is 5.62. The van der Waals surface area contributed by atoms with Crippen molar-refractivity contribution in [1.29, 1.82) is 0 Å². The Hall–Kier alpha value is -0.320. The van der Waals surface area contributed by atoms with E-state index in [4.69, 9.17) is 34.2 Å². The summed E-state index contributed by atoms with van der Waals surface area (Å²) in [7, 11) is 3.29. The van der Waals surface area contributed by atoms with E-state index in [0.717, 1.165) is 0 Å². The predicted molar refractivity (Wildman–Crippen MR) is 87.0 cm³/mol. The van der Waals surface area contributed by atoms with Crippen molar-refractivity contribution >= 4 is 0 Å². The zero-order valence-electron chi connectivity index (χ0n) is 14.5. The van der Waals surface area contributed by atoms with Gasteiger partial charge >= 0.3 is 0 Å². The molecule has 0 saturated carbocycles. The van der Waals surface area contributed by atoms with Crippen LogP contribution in [0.4, 0.5) is 0 Å². The number of aliphatic hydroxyl groups is 2. The van der Waals surface area contributed by atoms with E-state index in [-0.39, 0.29) is 6.10 Å². The lowest BCUT2D eigenvalue weighted by Crippen LogP contribution is -2.31. The smallest absolute Gasteiger partial charge is 0.173 e. The number of methoxy groups -OCH3 is 2. The van der Waals surface area contributed by atoms with Crippen molar-refractivity contribution in [1.82, 2.24) is 0 Å². The van der Waals surface area contributed by atoms with Gasteiger partial charge in [0.1, 0.15) is 12.7 Å². The summed E-state index contributed by atoms with van der Waals surface area (Å²) in [6, 6.07) is 0. The Balaban J connectivity index is 3.56. The Bertz CT molecular complexity index is 204. The Morgan fingerprint density at radius 3 is 2.04 bits per heavy atom. The molecular weight excluding hydrogens is 306 g/mol. The first-order chi connectivity index (χ1) is 11.3. The Labute approximate surface area is 139 Å². The lowest BCUT2D eigenvalue weighted by Gasteiger charge is -2.16. The molecule has 0 amide bonds. The monoisotopic (exact) mass is 340 g/mol. The van der Waals surface area contributed by atoms with Crippen LogP contribution in [-0.4, -0.2) is 104 Å². The highest BCUT2D eigenvalue weighted by atomic mass is 16.6. The van der Waals surface area contributed by atoms with Gasteiger partial charge in [0.25, 0.3) is 0 Å². The van der Waals surface area contributed by atoms with Gasteiger partial charge in [-0.1, -0.05) is 0 Å². The first kappa shape index (κ1) is 22.7. The molecule has 8 nitrogen and oxygen atoms in total. The van der Waals surface area contributed by atoms with Crippen LogP contribution in [0.25, 0.3) is 0 Å². The Kier molecular flexibility index (Phi) is 19.5. The SMILES string of the molecule is COCCOCCOCC(C[OH+]CCOCCOC)OCCN. The average Bonchev–Trinajstić information content (AvgIpc) is 2.57. The molecule has 0 saturated heterocycles. The summed E-state index contributed by atoms with van der Waals surface area (Å²) in [5.41, 5.74) is 5.46. The number of nitrogens with two attached hydrogens (primary N) is 1. The van der Waals surface area contributed by atoms with Crippen molar-refractivity contribution in [2.75, 3.05) is 93.4 Å². The fourth-order valence-electron chi connectivity index (χ4n) is 1.57. The summed E-state index contributed by atoms with van der Waals surface area (Å²) in [5, 5.41) is 0. The third-order valence-corrected chi connectivity index (χ3v) is 2.74. The van der Waals surface area contributed by atoms with E-state index in [1.165, 1.54) is 0 Å². The van der Waals surface area contributed by atoms with Crippen LogP contribution in [0.5, 0.6) is 0 Å². The van der Waals surface area contributed by atoms with E-state index in [0.29, 0.717) is 79.2 Å². The zero-order valence-corrected chi connectivity index (χ0v) is 14.5. The Morgan fingerprint density at radius 2 is 1.39 bits per heavy atom. The summed E-state index contributed by atoms with van der Waals surface area (Å²) in [4.78, 5) is 0. The molecule has 140 valence electrons. The lowest BCUT2D eigenvalue weighted by atomic mass is 10.4. The van der Waals surface area contributed by atoms with Crippen LogP contribution in [0.1, 0.15) is 0 Å². The predicted octanol–water partition coefficient (Wildman–Crippen LogP) is -0.799. The molecule has 0 aromatic rings. The fourth-order valence-corrected chi connectivity index (χ4v) is 1.57. The largest absolute Gasteiger partial charge is 0.430 e. The molecule has 0 bridgehead atoms. The van der Waals surface area contributed by atoms with E-state index < -0.39 is 0 Å². The topological polar surface area (TPSA) is 94.2 Å². The molecule has 0 spiro atoms. The van der Waals surface area contributed by atoms with Crippen molar-refractivity contribution in [3.63, 3.8) is 0 Å². The van der Waals surface area contributed by atoms with Crippen molar-refractivity contribution in [3.8, 4) is 0 Å². The van der Waals surface area contributed by atoms with Crippen LogP contribution in [-0.2, 0) is 28.4 Å². The third-order valence-electron chi connectivity index (χ3n) is 2.74. The van der Waals surface area contributed by atoms with Crippen molar-refractivity contribution < 1.29 is 33.2 Å².